The van der Waals surface area contributed by atoms with Crippen LogP contribution in [-0.2, 0) is 27.8 Å². The summed E-state index contributed by atoms with van der Waals surface area (Å²) in [5, 5.41) is 3.07. The summed E-state index contributed by atoms with van der Waals surface area (Å²) in [5.74, 6) is 0.835. The molecule has 9 heteroatoms. The molecule has 0 bridgehead atoms. The normalized spacial score (nSPS) is 17.8. The van der Waals surface area contributed by atoms with Crippen LogP contribution in [0.4, 0.5) is 0 Å². The molecule has 1 aliphatic heterocycles. The summed E-state index contributed by atoms with van der Waals surface area (Å²) in [6.07, 6.45) is 3.22. The van der Waals surface area contributed by atoms with Crippen LogP contribution in [0.5, 0.6) is 0 Å². The maximum atomic E-state index is 12.4. The molecule has 2 aromatic rings. The van der Waals surface area contributed by atoms with Gasteiger partial charge in [-0.05, 0) is 51.1 Å². The molecule has 166 valence electrons. The van der Waals surface area contributed by atoms with Crippen molar-refractivity contribution in [3.63, 3.8) is 0 Å². The van der Waals surface area contributed by atoms with Crippen molar-refractivity contribution in [1.82, 2.24) is 24.1 Å². The van der Waals surface area contributed by atoms with Gasteiger partial charge in [-0.15, -0.1) is 0 Å². The van der Waals surface area contributed by atoms with Gasteiger partial charge in [0.15, 0.2) is 0 Å². The van der Waals surface area contributed by atoms with E-state index >= 15 is 0 Å². The molecular formula is C21H33N5O3S. The number of rotatable bonds is 9. The van der Waals surface area contributed by atoms with Crippen LogP contribution in [0.3, 0.4) is 0 Å². The lowest BCUT2D eigenvalue weighted by molar-refractivity contribution is -0.121. The number of imidazole rings is 1. The molecule has 2 heterocycles. The number of aromatic nitrogens is 2. The number of fused-ring (bicyclic) bond motifs is 1. The lowest BCUT2D eigenvalue weighted by Crippen LogP contribution is -2.40. The van der Waals surface area contributed by atoms with E-state index in [9.17, 15) is 13.2 Å². The van der Waals surface area contributed by atoms with Crippen LogP contribution in [0, 0.1) is 0 Å². The van der Waals surface area contributed by atoms with Gasteiger partial charge in [0.05, 0.1) is 15.9 Å². The van der Waals surface area contributed by atoms with Crippen LogP contribution in [0.2, 0.25) is 0 Å². The van der Waals surface area contributed by atoms with Crippen molar-refractivity contribution in [1.29, 1.82) is 0 Å². The van der Waals surface area contributed by atoms with Crippen LogP contribution in [-0.4, -0.2) is 72.9 Å². The number of likely N-dealkylation sites (tertiary alicyclic amines) is 1. The summed E-state index contributed by atoms with van der Waals surface area (Å²) in [6, 6.07) is 5.46. The number of nitrogens with one attached hydrogen (secondary N) is 1. The molecule has 3 rings (SSSR count). The van der Waals surface area contributed by atoms with Crippen LogP contribution >= 0.6 is 0 Å². The van der Waals surface area contributed by atoms with Crippen molar-refractivity contribution in [2.24, 2.45) is 0 Å². The average molecular weight is 436 g/mol. The van der Waals surface area contributed by atoms with Crippen LogP contribution in [0.15, 0.2) is 23.1 Å². The summed E-state index contributed by atoms with van der Waals surface area (Å²) in [5.41, 5.74) is 1.52. The maximum absolute atomic E-state index is 12.4. The number of carbonyl (C=O) groups excluding carboxylic acids is 1. The molecule has 1 aliphatic rings. The van der Waals surface area contributed by atoms with Gasteiger partial charge in [0.2, 0.25) is 15.9 Å². The second-order valence-corrected chi connectivity index (χ2v) is 10.1. The van der Waals surface area contributed by atoms with Crippen molar-refractivity contribution in [2.45, 2.75) is 57.0 Å². The monoisotopic (exact) mass is 435 g/mol. The minimum atomic E-state index is -3.51. The third-order valence-corrected chi connectivity index (χ3v) is 7.72. The quantitative estimate of drug-likeness (QED) is 0.649. The molecular weight excluding hydrogens is 402 g/mol. The summed E-state index contributed by atoms with van der Waals surface area (Å²) < 4.78 is 28.1. The first-order valence-corrected chi connectivity index (χ1v) is 12.1. The Morgan fingerprint density at radius 3 is 2.70 bits per heavy atom. The standard InChI is InChI=1S/C21H33N5O3S/c1-5-25-13-7-8-16(25)15-22-21(27)12-11-20-23-18-14-17(30(28,29)24(3)4)9-10-19(18)26(20)6-2/h9-10,14,16H,5-8,11-13,15H2,1-4H3,(H,22,27). The molecule has 30 heavy (non-hydrogen) atoms. The van der Waals surface area contributed by atoms with E-state index < -0.39 is 10.0 Å². The molecule has 1 aromatic carbocycles. The molecule has 1 unspecified atom stereocenters. The van der Waals surface area contributed by atoms with E-state index in [1.54, 1.807) is 18.2 Å². The smallest absolute Gasteiger partial charge is 0.242 e. The number of hydrogen-bond acceptors (Lipinski definition) is 5. The highest BCUT2D eigenvalue weighted by Crippen LogP contribution is 2.23. The van der Waals surface area contributed by atoms with E-state index in [-0.39, 0.29) is 10.8 Å². The number of sulfonamides is 1. The Morgan fingerprint density at radius 1 is 1.27 bits per heavy atom. The molecule has 1 N–H and O–H groups in total. The van der Waals surface area contributed by atoms with Crippen LogP contribution < -0.4 is 5.32 Å². The summed E-state index contributed by atoms with van der Waals surface area (Å²) >= 11 is 0. The highest BCUT2D eigenvalue weighted by molar-refractivity contribution is 7.89. The van der Waals surface area contributed by atoms with E-state index in [4.69, 9.17) is 0 Å². The zero-order valence-corrected chi connectivity index (χ0v) is 19.2. The first kappa shape index (κ1) is 22.7. The predicted molar refractivity (Wildman–Crippen MR) is 118 cm³/mol. The molecule has 1 atom stereocenters. The second kappa shape index (κ2) is 9.45. The Labute approximate surface area is 179 Å². The van der Waals surface area contributed by atoms with E-state index in [0.29, 0.717) is 37.5 Å². The molecule has 0 saturated carbocycles. The second-order valence-electron chi connectivity index (χ2n) is 7.94. The summed E-state index contributed by atoms with van der Waals surface area (Å²) in [7, 11) is -0.484. The minimum absolute atomic E-state index is 0.0311. The number of hydrogen-bond donors (Lipinski definition) is 1. The number of benzene rings is 1. The third kappa shape index (κ3) is 4.68. The Balaban J connectivity index is 1.69. The fourth-order valence-corrected chi connectivity index (χ4v) is 5.08. The molecule has 0 aliphatic carbocycles. The molecule has 0 radical (unpaired) electrons. The largest absolute Gasteiger partial charge is 0.355 e. The molecule has 1 fully saturated rings. The van der Waals surface area contributed by atoms with Crippen LogP contribution in [0.25, 0.3) is 11.0 Å². The van der Waals surface area contributed by atoms with Gasteiger partial charge in [0.1, 0.15) is 5.82 Å². The molecule has 1 saturated heterocycles. The summed E-state index contributed by atoms with van der Waals surface area (Å²) in [6.45, 7) is 7.72. The Hall–Kier alpha value is -1.97. The van der Waals surface area contributed by atoms with Crippen molar-refractivity contribution in [3.05, 3.63) is 24.0 Å². The van der Waals surface area contributed by atoms with Gasteiger partial charge >= 0.3 is 0 Å². The van der Waals surface area contributed by atoms with Gasteiger partial charge in [0, 0.05) is 46.1 Å². The van der Waals surface area contributed by atoms with E-state index in [1.165, 1.54) is 24.8 Å². The summed E-state index contributed by atoms with van der Waals surface area (Å²) in [4.78, 5) is 19.7. The lowest BCUT2D eigenvalue weighted by atomic mass is 10.2. The molecule has 8 nitrogen and oxygen atoms in total. The maximum Gasteiger partial charge on any atom is 0.242 e. The van der Waals surface area contributed by atoms with E-state index in [2.05, 4.69) is 22.1 Å². The number of amides is 1. The number of likely N-dealkylation sites (N-methyl/N-ethyl adjacent to an activating group) is 1. The van der Waals surface area contributed by atoms with E-state index in [0.717, 1.165) is 30.9 Å². The van der Waals surface area contributed by atoms with Gasteiger partial charge in [0.25, 0.3) is 0 Å². The fourth-order valence-electron chi connectivity index (χ4n) is 4.16. The number of aryl methyl sites for hydroxylation is 2. The zero-order chi connectivity index (χ0) is 21.9. The minimum Gasteiger partial charge on any atom is -0.355 e. The van der Waals surface area contributed by atoms with E-state index in [1.807, 2.05) is 11.5 Å². The van der Waals surface area contributed by atoms with Gasteiger partial charge in [-0.1, -0.05) is 6.92 Å². The molecule has 1 amide bonds. The predicted octanol–water partition coefficient (Wildman–Crippen LogP) is 1.84. The van der Waals surface area contributed by atoms with Gasteiger partial charge < -0.3 is 9.88 Å². The topological polar surface area (TPSA) is 87.5 Å². The van der Waals surface area contributed by atoms with Gasteiger partial charge in [-0.3, -0.25) is 9.69 Å². The zero-order valence-electron chi connectivity index (χ0n) is 18.4. The van der Waals surface area contributed by atoms with Crippen molar-refractivity contribution < 1.29 is 13.2 Å². The number of carbonyl (C=O) groups is 1. The van der Waals surface area contributed by atoms with Crippen molar-refractivity contribution >= 4 is 27.0 Å². The van der Waals surface area contributed by atoms with Crippen molar-refractivity contribution in [3.8, 4) is 0 Å². The van der Waals surface area contributed by atoms with Crippen molar-refractivity contribution in [2.75, 3.05) is 33.7 Å². The fraction of sp³-hybridized carbons (Fsp3) is 0.619. The number of nitrogens with zero attached hydrogens (tertiary/aromatic N) is 4. The Bertz CT molecular complexity index is 999. The average Bonchev–Trinajstić information content (AvgIpc) is 3.33. The first-order chi connectivity index (χ1) is 14.3. The lowest BCUT2D eigenvalue weighted by Gasteiger charge is -2.22. The highest BCUT2D eigenvalue weighted by atomic mass is 32.2. The SMILES string of the molecule is CCN1CCCC1CNC(=O)CCc1nc2cc(S(=O)(=O)N(C)C)ccc2n1CC. The molecule has 0 spiro atoms. The Morgan fingerprint density at radius 2 is 2.03 bits per heavy atom. The van der Waals surface area contributed by atoms with Gasteiger partial charge in [-0.25, -0.2) is 17.7 Å². The molecule has 1 aromatic heterocycles. The van der Waals surface area contributed by atoms with Gasteiger partial charge in [-0.2, -0.15) is 0 Å². The highest BCUT2D eigenvalue weighted by Gasteiger charge is 2.23. The third-order valence-electron chi connectivity index (χ3n) is 5.91. The Kier molecular flexibility index (Phi) is 7.15. The first-order valence-electron chi connectivity index (χ1n) is 10.7. The van der Waals surface area contributed by atoms with Crippen LogP contribution in [0.1, 0.15) is 38.9 Å².